The highest BCUT2D eigenvalue weighted by Gasteiger charge is 2.17. The van der Waals surface area contributed by atoms with E-state index in [4.69, 9.17) is 16.3 Å². The van der Waals surface area contributed by atoms with Gasteiger partial charge in [-0.1, -0.05) is 41.9 Å². The van der Waals surface area contributed by atoms with Gasteiger partial charge in [-0.15, -0.1) is 0 Å². The molecule has 2 aromatic heterocycles. The van der Waals surface area contributed by atoms with Crippen molar-refractivity contribution in [2.75, 3.05) is 0 Å². The van der Waals surface area contributed by atoms with E-state index in [1.54, 1.807) is 53.8 Å². The van der Waals surface area contributed by atoms with Crippen molar-refractivity contribution in [3.05, 3.63) is 107 Å². The molecule has 2 heterocycles. The van der Waals surface area contributed by atoms with Gasteiger partial charge in [0.15, 0.2) is 0 Å². The third-order valence-electron chi connectivity index (χ3n) is 4.71. The second-order valence-corrected chi connectivity index (χ2v) is 7.07. The van der Waals surface area contributed by atoms with Crippen LogP contribution in [0.2, 0.25) is 5.02 Å². The zero-order valence-corrected chi connectivity index (χ0v) is 16.4. The van der Waals surface area contributed by atoms with E-state index in [9.17, 15) is 4.79 Å². The SMILES string of the molecule is O=c1c(Oc2ccc3ccccc3c2)c(-n2ccnc2)cnn1-c1ccc(Cl)cc1. The number of halogens is 1. The first-order valence-corrected chi connectivity index (χ1v) is 9.60. The van der Waals surface area contributed by atoms with Crippen LogP contribution < -0.4 is 10.3 Å². The smallest absolute Gasteiger partial charge is 0.316 e. The number of aromatic nitrogens is 4. The number of benzene rings is 3. The molecule has 0 amide bonds. The zero-order chi connectivity index (χ0) is 20.5. The molecule has 0 aliphatic carbocycles. The van der Waals surface area contributed by atoms with Gasteiger partial charge >= 0.3 is 5.56 Å². The number of hydrogen-bond donors (Lipinski definition) is 0. The maximum Gasteiger partial charge on any atom is 0.316 e. The Kier molecular flexibility index (Phi) is 4.53. The summed E-state index contributed by atoms with van der Waals surface area (Å²) in [6.45, 7) is 0. The lowest BCUT2D eigenvalue weighted by molar-refractivity contribution is 0.465. The number of hydrogen-bond acceptors (Lipinski definition) is 4. The van der Waals surface area contributed by atoms with Crippen LogP contribution in [0, 0.1) is 0 Å². The van der Waals surface area contributed by atoms with Gasteiger partial charge in [-0.05, 0) is 47.2 Å². The van der Waals surface area contributed by atoms with Gasteiger partial charge in [0.25, 0.3) is 0 Å². The van der Waals surface area contributed by atoms with Crippen LogP contribution in [0.3, 0.4) is 0 Å². The van der Waals surface area contributed by atoms with E-state index in [0.29, 0.717) is 22.1 Å². The first-order chi connectivity index (χ1) is 14.7. The van der Waals surface area contributed by atoms with Gasteiger partial charge in [0.1, 0.15) is 11.4 Å². The fourth-order valence-corrected chi connectivity index (χ4v) is 3.35. The average Bonchev–Trinajstić information content (AvgIpc) is 3.30. The van der Waals surface area contributed by atoms with Crippen LogP contribution in [0.4, 0.5) is 0 Å². The minimum absolute atomic E-state index is 0.147. The molecule has 5 rings (SSSR count). The molecule has 5 aromatic rings. The molecular formula is C23H15ClN4O2. The highest BCUT2D eigenvalue weighted by Crippen LogP contribution is 2.27. The molecule has 0 fully saturated rings. The van der Waals surface area contributed by atoms with Crippen LogP contribution in [0.1, 0.15) is 0 Å². The van der Waals surface area contributed by atoms with Crippen molar-refractivity contribution in [1.82, 2.24) is 19.3 Å². The third kappa shape index (κ3) is 3.33. The number of imidazole rings is 1. The summed E-state index contributed by atoms with van der Waals surface area (Å²) in [5.41, 5.74) is 0.692. The average molecular weight is 415 g/mol. The Morgan fingerprint density at radius 2 is 1.73 bits per heavy atom. The number of rotatable bonds is 4. The Morgan fingerprint density at radius 3 is 2.50 bits per heavy atom. The summed E-state index contributed by atoms with van der Waals surface area (Å²) in [4.78, 5) is 17.4. The topological polar surface area (TPSA) is 61.9 Å². The van der Waals surface area contributed by atoms with Crippen molar-refractivity contribution in [1.29, 1.82) is 0 Å². The number of nitrogens with zero attached hydrogens (tertiary/aromatic N) is 4. The molecule has 0 aliphatic rings. The van der Waals surface area contributed by atoms with Crippen molar-refractivity contribution in [3.63, 3.8) is 0 Å². The summed E-state index contributed by atoms with van der Waals surface area (Å²) in [6, 6.07) is 20.5. The second kappa shape index (κ2) is 7.50. The van der Waals surface area contributed by atoms with Gasteiger partial charge in [0, 0.05) is 17.4 Å². The van der Waals surface area contributed by atoms with E-state index in [2.05, 4.69) is 10.1 Å². The molecule has 0 unspecified atom stereocenters. The Morgan fingerprint density at radius 1 is 0.933 bits per heavy atom. The molecule has 0 radical (unpaired) electrons. The molecule has 6 nitrogen and oxygen atoms in total. The monoisotopic (exact) mass is 414 g/mol. The molecule has 7 heteroatoms. The lowest BCUT2D eigenvalue weighted by Gasteiger charge is -2.14. The van der Waals surface area contributed by atoms with Crippen LogP contribution in [0.25, 0.3) is 22.1 Å². The standard InChI is InChI=1S/C23H15ClN4O2/c24-18-6-8-19(9-7-18)28-23(29)22(21(14-26-28)27-12-11-25-15-27)30-20-10-5-16-3-1-2-4-17(16)13-20/h1-15H. The second-order valence-electron chi connectivity index (χ2n) is 6.63. The lowest BCUT2D eigenvalue weighted by atomic mass is 10.1. The zero-order valence-electron chi connectivity index (χ0n) is 15.6. The predicted octanol–water partition coefficient (Wildman–Crippen LogP) is 5.02. The molecule has 3 aromatic carbocycles. The summed E-state index contributed by atoms with van der Waals surface area (Å²) >= 11 is 5.98. The van der Waals surface area contributed by atoms with E-state index in [1.165, 1.54) is 4.68 Å². The van der Waals surface area contributed by atoms with E-state index >= 15 is 0 Å². The van der Waals surface area contributed by atoms with E-state index < -0.39 is 5.56 Å². The van der Waals surface area contributed by atoms with Crippen molar-refractivity contribution in [3.8, 4) is 22.9 Å². The highest BCUT2D eigenvalue weighted by molar-refractivity contribution is 6.30. The predicted molar refractivity (Wildman–Crippen MR) is 116 cm³/mol. The molecule has 146 valence electrons. The van der Waals surface area contributed by atoms with Crippen molar-refractivity contribution in [2.45, 2.75) is 0 Å². The fraction of sp³-hybridized carbons (Fsp3) is 0. The quantitative estimate of drug-likeness (QED) is 0.414. The van der Waals surface area contributed by atoms with Crippen molar-refractivity contribution >= 4 is 22.4 Å². The molecule has 0 aliphatic heterocycles. The molecule has 0 saturated carbocycles. The molecule has 0 bridgehead atoms. The number of fused-ring (bicyclic) bond motifs is 1. The Hall–Kier alpha value is -3.90. The fourth-order valence-electron chi connectivity index (χ4n) is 3.23. The van der Waals surface area contributed by atoms with Crippen LogP contribution in [0.5, 0.6) is 11.5 Å². The minimum Gasteiger partial charge on any atom is -0.449 e. The Labute approximate surface area is 176 Å². The largest absolute Gasteiger partial charge is 0.449 e. The Bertz CT molecular complexity index is 1390. The molecule has 30 heavy (non-hydrogen) atoms. The molecule has 0 N–H and O–H groups in total. The first kappa shape index (κ1) is 18.1. The lowest BCUT2D eigenvalue weighted by Crippen LogP contribution is -2.23. The van der Waals surface area contributed by atoms with Crippen LogP contribution in [0.15, 0.2) is 96.4 Å². The van der Waals surface area contributed by atoms with Crippen molar-refractivity contribution < 1.29 is 4.74 Å². The van der Waals surface area contributed by atoms with Crippen LogP contribution in [-0.4, -0.2) is 19.3 Å². The number of ether oxygens (including phenoxy) is 1. The summed E-state index contributed by atoms with van der Waals surface area (Å²) in [6.07, 6.45) is 6.53. The molecule has 0 spiro atoms. The Balaban J connectivity index is 1.66. The van der Waals surface area contributed by atoms with Gasteiger partial charge < -0.3 is 9.30 Å². The van der Waals surface area contributed by atoms with Gasteiger partial charge in [-0.3, -0.25) is 4.79 Å². The van der Waals surface area contributed by atoms with E-state index in [1.807, 2.05) is 42.5 Å². The van der Waals surface area contributed by atoms with Crippen molar-refractivity contribution in [2.24, 2.45) is 0 Å². The maximum atomic E-state index is 13.3. The molecule has 0 saturated heterocycles. The van der Waals surface area contributed by atoms with E-state index in [-0.39, 0.29) is 5.75 Å². The van der Waals surface area contributed by atoms with E-state index in [0.717, 1.165) is 10.8 Å². The highest BCUT2D eigenvalue weighted by atomic mass is 35.5. The van der Waals surface area contributed by atoms with Gasteiger partial charge in [-0.25, -0.2) is 4.98 Å². The van der Waals surface area contributed by atoms with Gasteiger partial charge in [-0.2, -0.15) is 9.78 Å². The van der Waals surface area contributed by atoms with Crippen LogP contribution in [-0.2, 0) is 0 Å². The summed E-state index contributed by atoms with van der Waals surface area (Å²) in [5, 5.41) is 7.01. The van der Waals surface area contributed by atoms with Crippen LogP contribution >= 0.6 is 11.6 Å². The first-order valence-electron chi connectivity index (χ1n) is 9.22. The third-order valence-corrected chi connectivity index (χ3v) is 4.96. The molecule has 0 atom stereocenters. The maximum absolute atomic E-state index is 13.3. The van der Waals surface area contributed by atoms with Gasteiger partial charge in [0.05, 0.1) is 18.2 Å². The summed E-state index contributed by atoms with van der Waals surface area (Å²) in [7, 11) is 0. The summed E-state index contributed by atoms with van der Waals surface area (Å²) in [5.74, 6) is 0.703. The molecular weight excluding hydrogens is 400 g/mol. The minimum atomic E-state index is -0.392. The normalized spacial score (nSPS) is 11.0. The van der Waals surface area contributed by atoms with Gasteiger partial charge in [0.2, 0.25) is 5.75 Å². The summed E-state index contributed by atoms with van der Waals surface area (Å²) < 4.78 is 9.09.